The zero-order valence-electron chi connectivity index (χ0n) is 8.32. The lowest BCUT2D eigenvalue weighted by atomic mass is 10.1. The molecule has 0 rings (SSSR count). The normalized spacial score (nSPS) is 12.4. The summed E-state index contributed by atoms with van der Waals surface area (Å²) < 4.78 is 0. The molecule has 0 fully saturated rings. The number of hydrogen-bond acceptors (Lipinski definition) is 3. The van der Waals surface area contributed by atoms with E-state index in [0.29, 0.717) is 6.42 Å². The molecule has 0 aliphatic rings. The summed E-state index contributed by atoms with van der Waals surface area (Å²) in [6.07, 6.45) is 2.32. The van der Waals surface area contributed by atoms with Gasteiger partial charge >= 0.3 is 5.97 Å². The lowest BCUT2D eigenvalue weighted by Gasteiger charge is -2.13. The Labute approximate surface area is 89.5 Å². The van der Waals surface area contributed by atoms with E-state index >= 15 is 0 Å². The first-order chi connectivity index (χ1) is 6.57. The predicted octanol–water partition coefficient (Wildman–Crippen LogP) is 1.07. The zero-order chi connectivity index (χ0) is 11.0. The van der Waals surface area contributed by atoms with Crippen molar-refractivity contribution < 1.29 is 14.7 Å². The van der Waals surface area contributed by atoms with Crippen molar-refractivity contribution in [1.82, 2.24) is 5.32 Å². The molecule has 0 unspecified atom stereocenters. The molecule has 0 spiro atoms. The number of unbranched alkanes of at least 4 members (excludes halogenated alkanes) is 1. The molecular weight excluding hydrogens is 202 g/mol. The predicted molar refractivity (Wildman–Crippen MR) is 57.6 cm³/mol. The van der Waals surface area contributed by atoms with Gasteiger partial charge in [-0.1, -0.05) is 13.3 Å². The van der Waals surface area contributed by atoms with Crippen LogP contribution in [0.4, 0.5) is 0 Å². The highest BCUT2D eigenvalue weighted by Gasteiger charge is 2.15. The minimum Gasteiger partial charge on any atom is -0.481 e. The van der Waals surface area contributed by atoms with Gasteiger partial charge in [-0.3, -0.25) is 9.59 Å². The van der Waals surface area contributed by atoms with Crippen molar-refractivity contribution in [2.24, 2.45) is 0 Å². The number of nitrogens with one attached hydrogen (secondary N) is 1. The second-order valence-electron chi connectivity index (χ2n) is 3.13. The van der Waals surface area contributed by atoms with Crippen LogP contribution in [-0.2, 0) is 9.59 Å². The van der Waals surface area contributed by atoms with Crippen LogP contribution in [-0.4, -0.2) is 28.8 Å². The quantitative estimate of drug-likeness (QED) is 0.422. The largest absolute Gasteiger partial charge is 0.481 e. The van der Waals surface area contributed by atoms with Gasteiger partial charge in [0, 0.05) is 6.42 Å². The van der Waals surface area contributed by atoms with Crippen LogP contribution in [0, 0.1) is 0 Å². The molecule has 2 N–H and O–H groups in total. The third kappa shape index (κ3) is 6.91. The van der Waals surface area contributed by atoms with E-state index in [2.05, 4.69) is 24.9 Å². The third-order valence-corrected chi connectivity index (χ3v) is 2.18. The van der Waals surface area contributed by atoms with Gasteiger partial charge in [-0.15, -0.1) is 12.6 Å². The van der Waals surface area contributed by atoms with Crippen molar-refractivity contribution in [1.29, 1.82) is 0 Å². The molecule has 0 heterocycles. The van der Waals surface area contributed by atoms with Gasteiger partial charge in [0.2, 0.25) is 5.12 Å². The van der Waals surface area contributed by atoms with Gasteiger partial charge in [-0.2, -0.15) is 0 Å². The highest BCUT2D eigenvalue weighted by atomic mass is 32.1. The first-order valence-corrected chi connectivity index (χ1v) is 5.20. The Morgan fingerprint density at radius 2 is 2.14 bits per heavy atom. The first kappa shape index (κ1) is 13.4. The summed E-state index contributed by atoms with van der Waals surface area (Å²) in [5, 5.41) is 11.1. The Morgan fingerprint density at radius 1 is 1.50 bits per heavy atom. The van der Waals surface area contributed by atoms with Crippen LogP contribution in [0.25, 0.3) is 0 Å². The monoisotopic (exact) mass is 219 g/mol. The van der Waals surface area contributed by atoms with Crippen molar-refractivity contribution in [3.63, 3.8) is 0 Å². The first-order valence-electron chi connectivity index (χ1n) is 4.76. The Balaban J connectivity index is 3.78. The summed E-state index contributed by atoms with van der Waals surface area (Å²) in [7, 11) is 0. The van der Waals surface area contributed by atoms with Crippen molar-refractivity contribution >= 4 is 23.7 Å². The van der Waals surface area contributed by atoms with Crippen molar-refractivity contribution in [3.8, 4) is 0 Å². The molecule has 14 heavy (non-hydrogen) atoms. The van der Waals surface area contributed by atoms with Crippen molar-refractivity contribution in [3.05, 3.63) is 0 Å². The fraction of sp³-hybridized carbons (Fsp3) is 0.778. The highest BCUT2D eigenvalue weighted by Crippen LogP contribution is 2.02. The molecular formula is C9H17NO3S. The fourth-order valence-corrected chi connectivity index (χ4v) is 1.25. The van der Waals surface area contributed by atoms with Crippen LogP contribution < -0.4 is 5.32 Å². The van der Waals surface area contributed by atoms with Gasteiger partial charge < -0.3 is 10.4 Å². The molecule has 0 aromatic carbocycles. The maximum Gasteiger partial charge on any atom is 0.303 e. The second kappa shape index (κ2) is 7.82. The van der Waals surface area contributed by atoms with E-state index in [4.69, 9.17) is 5.11 Å². The smallest absolute Gasteiger partial charge is 0.303 e. The lowest BCUT2D eigenvalue weighted by molar-refractivity contribution is -0.137. The third-order valence-electron chi connectivity index (χ3n) is 1.87. The Bertz CT molecular complexity index is 196. The topological polar surface area (TPSA) is 66.4 Å². The Kier molecular flexibility index (Phi) is 7.51. The van der Waals surface area contributed by atoms with Crippen LogP contribution in [0.1, 0.15) is 32.6 Å². The summed E-state index contributed by atoms with van der Waals surface area (Å²) in [6, 6.07) is -0.430. The van der Waals surface area contributed by atoms with Crippen molar-refractivity contribution in [2.75, 3.05) is 6.54 Å². The number of carboxylic acids is 1. The SMILES string of the molecule is CCCCN[C@@H](CCC(=O)O)C(=O)S. The van der Waals surface area contributed by atoms with Gasteiger partial charge in [-0.05, 0) is 19.4 Å². The van der Waals surface area contributed by atoms with Crippen LogP contribution in [0.5, 0.6) is 0 Å². The minimum atomic E-state index is -0.887. The second-order valence-corrected chi connectivity index (χ2v) is 3.57. The molecule has 1 atom stereocenters. The van der Waals surface area contributed by atoms with E-state index in [1.807, 2.05) is 0 Å². The molecule has 0 aliphatic heterocycles. The lowest BCUT2D eigenvalue weighted by Crippen LogP contribution is -2.35. The summed E-state index contributed by atoms with van der Waals surface area (Å²) in [5.41, 5.74) is 0. The highest BCUT2D eigenvalue weighted by molar-refractivity contribution is 7.96. The van der Waals surface area contributed by atoms with E-state index in [1.165, 1.54) is 0 Å². The van der Waals surface area contributed by atoms with Gasteiger partial charge in [0.15, 0.2) is 0 Å². The molecule has 0 radical (unpaired) electrons. The number of carbonyl (C=O) groups excluding carboxylic acids is 1. The molecule has 0 amide bonds. The number of rotatable bonds is 8. The number of aliphatic carboxylic acids is 1. The fourth-order valence-electron chi connectivity index (χ4n) is 1.03. The Hall–Kier alpha value is -0.550. The maximum absolute atomic E-state index is 11.0. The number of thiol groups is 1. The Morgan fingerprint density at radius 3 is 2.57 bits per heavy atom. The van der Waals surface area contributed by atoms with Gasteiger partial charge in [0.05, 0.1) is 6.04 Å². The van der Waals surface area contributed by atoms with Crippen LogP contribution >= 0.6 is 12.6 Å². The maximum atomic E-state index is 11.0. The number of carbonyl (C=O) groups is 2. The zero-order valence-corrected chi connectivity index (χ0v) is 9.22. The molecule has 0 aromatic rings. The van der Waals surface area contributed by atoms with Gasteiger partial charge in [0.1, 0.15) is 0 Å². The molecule has 0 saturated heterocycles. The van der Waals surface area contributed by atoms with Crippen LogP contribution in [0.2, 0.25) is 0 Å². The summed E-state index contributed by atoms with van der Waals surface area (Å²) in [4.78, 5) is 21.3. The molecule has 0 aliphatic carbocycles. The van der Waals surface area contributed by atoms with Gasteiger partial charge in [0.25, 0.3) is 0 Å². The van der Waals surface area contributed by atoms with Crippen LogP contribution in [0.15, 0.2) is 0 Å². The van der Waals surface area contributed by atoms with E-state index in [0.717, 1.165) is 19.4 Å². The van der Waals surface area contributed by atoms with Gasteiger partial charge in [-0.25, -0.2) is 0 Å². The number of carboxylic acid groups (broad SMARTS) is 1. The number of hydrogen-bond donors (Lipinski definition) is 3. The van der Waals surface area contributed by atoms with E-state index in [9.17, 15) is 9.59 Å². The summed E-state index contributed by atoms with van der Waals surface area (Å²) >= 11 is 3.70. The molecule has 4 nitrogen and oxygen atoms in total. The molecule has 0 saturated carbocycles. The molecule has 5 heteroatoms. The minimum absolute atomic E-state index is 0.00388. The van der Waals surface area contributed by atoms with E-state index < -0.39 is 12.0 Å². The summed E-state index contributed by atoms with van der Waals surface area (Å²) in [5.74, 6) is -0.887. The average molecular weight is 219 g/mol. The van der Waals surface area contributed by atoms with E-state index in [1.54, 1.807) is 0 Å². The molecule has 0 bridgehead atoms. The summed E-state index contributed by atoms with van der Waals surface area (Å²) in [6.45, 7) is 2.78. The van der Waals surface area contributed by atoms with Crippen molar-refractivity contribution in [2.45, 2.75) is 38.6 Å². The standard InChI is InChI=1S/C9H17NO3S/c1-2-3-6-10-7(9(13)14)4-5-8(11)12/h7,10H,2-6H2,1H3,(H,11,12)(H,13,14)/t7-/m0/s1. The van der Waals surface area contributed by atoms with Crippen LogP contribution in [0.3, 0.4) is 0 Å². The van der Waals surface area contributed by atoms with E-state index in [-0.39, 0.29) is 11.5 Å². The average Bonchev–Trinajstić information content (AvgIpc) is 2.10. The molecule has 0 aromatic heterocycles. The molecule has 82 valence electrons.